The van der Waals surface area contributed by atoms with Crippen LogP contribution in [0.4, 0.5) is 0 Å². The van der Waals surface area contributed by atoms with E-state index < -0.39 is 10.0 Å². The zero-order valence-electron chi connectivity index (χ0n) is 15.1. The molecule has 1 aromatic rings. The van der Waals surface area contributed by atoms with E-state index in [0.717, 1.165) is 5.56 Å². The minimum Gasteiger partial charge on any atom is -0.496 e. The predicted molar refractivity (Wildman–Crippen MR) is 92.4 cm³/mol. The van der Waals surface area contributed by atoms with E-state index in [1.807, 2.05) is 6.92 Å². The molecule has 1 aromatic carbocycles. The lowest BCUT2D eigenvalue weighted by molar-refractivity contribution is -0.149. The smallest absolute Gasteiger partial charge is 0.309 e. The Morgan fingerprint density at radius 2 is 1.76 bits per heavy atom. The Morgan fingerprint density at radius 3 is 2.28 bits per heavy atom. The van der Waals surface area contributed by atoms with Gasteiger partial charge in [0.05, 0.1) is 26.7 Å². The molecule has 0 amide bonds. The fourth-order valence-electron chi connectivity index (χ4n) is 2.96. The van der Waals surface area contributed by atoms with E-state index in [1.165, 1.54) is 24.6 Å². The summed E-state index contributed by atoms with van der Waals surface area (Å²) < 4.78 is 43.0. The molecule has 0 saturated carbocycles. The van der Waals surface area contributed by atoms with Gasteiger partial charge in [-0.05, 0) is 38.3 Å². The molecule has 25 heavy (non-hydrogen) atoms. The molecular formula is C17H25NO6S. The van der Waals surface area contributed by atoms with Crippen molar-refractivity contribution in [2.45, 2.75) is 31.6 Å². The van der Waals surface area contributed by atoms with E-state index in [0.29, 0.717) is 25.2 Å². The van der Waals surface area contributed by atoms with Crippen LogP contribution in [0.1, 0.15) is 25.3 Å². The van der Waals surface area contributed by atoms with Gasteiger partial charge in [-0.1, -0.05) is 0 Å². The number of rotatable bonds is 6. The van der Waals surface area contributed by atoms with Gasteiger partial charge in [-0.15, -0.1) is 0 Å². The summed E-state index contributed by atoms with van der Waals surface area (Å²) in [4.78, 5) is 11.9. The van der Waals surface area contributed by atoms with Crippen LogP contribution in [0, 0.1) is 12.8 Å². The summed E-state index contributed by atoms with van der Waals surface area (Å²) in [6, 6.07) is 3.14. The van der Waals surface area contributed by atoms with Crippen molar-refractivity contribution >= 4 is 16.0 Å². The summed E-state index contributed by atoms with van der Waals surface area (Å²) in [6.07, 6.45) is 0.896. The lowest BCUT2D eigenvalue weighted by Gasteiger charge is -2.30. The Balaban J connectivity index is 2.24. The molecule has 1 saturated heterocycles. The van der Waals surface area contributed by atoms with Crippen molar-refractivity contribution in [2.24, 2.45) is 5.92 Å². The number of piperidine rings is 1. The number of aryl methyl sites for hydroxylation is 1. The molecule has 1 fully saturated rings. The normalized spacial score (nSPS) is 16.5. The fourth-order valence-corrected chi connectivity index (χ4v) is 4.58. The second-order valence-corrected chi connectivity index (χ2v) is 7.81. The van der Waals surface area contributed by atoms with Crippen molar-refractivity contribution in [2.75, 3.05) is 33.9 Å². The van der Waals surface area contributed by atoms with Crippen LogP contribution in [0.15, 0.2) is 17.0 Å². The van der Waals surface area contributed by atoms with E-state index in [4.69, 9.17) is 14.2 Å². The van der Waals surface area contributed by atoms with Crippen molar-refractivity contribution in [1.29, 1.82) is 0 Å². The maximum absolute atomic E-state index is 13.0. The van der Waals surface area contributed by atoms with E-state index >= 15 is 0 Å². The summed E-state index contributed by atoms with van der Waals surface area (Å²) in [5.41, 5.74) is 0.791. The highest BCUT2D eigenvalue weighted by molar-refractivity contribution is 7.89. The highest BCUT2D eigenvalue weighted by atomic mass is 32.2. The molecule has 0 radical (unpaired) electrons. The molecule has 2 rings (SSSR count). The minimum absolute atomic E-state index is 0.0760. The van der Waals surface area contributed by atoms with Gasteiger partial charge in [0, 0.05) is 19.2 Å². The van der Waals surface area contributed by atoms with Gasteiger partial charge in [0.25, 0.3) is 0 Å². The number of benzene rings is 1. The summed E-state index contributed by atoms with van der Waals surface area (Å²) >= 11 is 0. The van der Waals surface area contributed by atoms with Crippen molar-refractivity contribution in [3.8, 4) is 11.5 Å². The number of hydrogen-bond acceptors (Lipinski definition) is 6. The number of nitrogens with zero attached hydrogens (tertiary/aromatic N) is 1. The molecule has 0 aliphatic carbocycles. The molecule has 7 nitrogen and oxygen atoms in total. The van der Waals surface area contributed by atoms with Crippen molar-refractivity contribution in [3.63, 3.8) is 0 Å². The molecule has 0 N–H and O–H groups in total. The number of carbonyl (C=O) groups is 1. The topological polar surface area (TPSA) is 82.1 Å². The molecule has 0 atom stereocenters. The zero-order chi connectivity index (χ0) is 18.6. The summed E-state index contributed by atoms with van der Waals surface area (Å²) in [6.45, 7) is 4.45. The van der Waals surface area contributed by atoms with Gasteiger partial charge in [-0.3, -0.25) is 4.79 Å². The van der Waals surface area contributed by atoms with Crippen LogP contribution in [-0.4, -0.2) is 52.6 Å². The summed E-state index contributed by atoms with van der Waals surface area (Å²) in [7, 11) is -0.806. The number of hydrogen-bond donors (Lipinski definition) is 0. The first kappa shape index (κ1) is 19.5. The molecule has 1 heterocycles. The maximum atomic E-state index is 13.0. The third-order valence-electron chi connectivity index (χ3n) is 4.37. The van der Waals surface area contributed by atoms with Crippen LogP contribution in [0.5, 0.6) is 11.5 Å². The average Bonchev–Trinajstić information content (AvgIpc) is 2.61. The molecule has 140 valence electrons. The third-order valence-corrected chi connectivity index (χ3v) is 6.29. The highest BCUT2D eigenvalue weighted by Crippen LogP contribution is 2.34. The summed E-state index contributed by atoms with van der Waals surface area (Å²) in [5.74, 6) is 0.265. The van der Waals surface area contributed by atoms with E-state index in [9.17, 15) is 13.2 Å². The first-order chi connectivity index (χ1) is 11.8. The van der Waals surface area contributed by atoms with Gasteiger partial charge in [0.15, 0.2) is 0 Å². The van der Waals surface area contributed by atoms with Crippen molar-refractivity contribution in [3.05, 3.63) is 17.7 Å². The van der Waals surface area contributed by atoms with Crippen LogP contribution < -0.4 is 9.47 Å². The van der Waals surface area contributed by atoms with Crippen LogP contribution >= 0.6 is 0 Å². The molecular weight excluding hydrogens is 346 g/mol. The molecule has 0 unspecified atom stereocenters. The monoisotopic (exact) mass is 371 g/mol. The van der Waals surface area contributed by atoms with Crippen LogP contribution in [0.25, 0.3) is 0 Å². The van der Waals surface area contributed by atoms with E-state index in [1.54, 1.807) is 13.0 Å². The van der Waals surface area contributed by atoms with Crippen molar-refractivity contribution in [1.82, 2.24) is 4.31 Å². The van der Waals surface area contributed by atoms with E-state index in [-0.39, 0.29) is 35.6 Å². The number of carbonyl (C=O) groups excluding carboxylic acids is 1. The third kappa shape index (κ3) is 4.07. The summed E-state index contributed by atoms with van der Waals surface area (Å²) in [5, 5.41) is 0. The molecule has 1 aliphatic heterocycles. The minimum atomic E-state index is -3.74. The molecule has 0 spiro atoms. The largest absolute Gasteiger partial charge is 0.496 e. The van der Waals surface area contributed by atoms with Gasteiger partial charge in [0.2, 0.25) is 10.0 Å². The SMILES string of the molecule is CCOC(=O)C1CCN(S(=O)(=O)c2cc(OC)c(C)cc2OC)CC1. The Bertz CT molecular complexity index is 723. The van der Waals surface area contributed by atoms with Gasteiger partial charge in [-0.25, -0.2) is 8.42 Å². The Labute approximate surface area is 148 Å². The second-order valence-electron chi connectivity index (χ2n) is 5.90. The molecule has 0 aromatic heterocycles. The quantitative estimate of drug-likeness (QED) is 0.711. The Morgan fingerprint density at radius 1 is 1.16 bits per heavy atom. The second kappa shape index (κ2) is 8.05. The first-order valence-corrected chi connectivity index (χ1v) is 9.68. The number of esters is 1. The van der Waals surface area contributed by atoms with Crippen LogP contribution in [0.2, 0.25) is 0 Å². The lowest BCUT2D eigenvalue weighted by atomic mass is 9.98. The predicted octanol–water partition coefficient (Wildman–Crippen LogP) is 1.98. The fraction of sp³-hybridized carbons (Fsp3) is 0.588. The number of sulfonamides is 1. The average molecular weight is 371 g/mol. The van der Waals surface area contributed by atoms with Gasteiger partial charge < -0.3 is 14.2 Å². The number of ether oxygens (including phenoxy) is 3. The van der Waals surface area contributed by atoms with Gasteiger partial charge >= 0.3 is 5.97 Å². The van der Waals surface area contributed by atoms with Crippen LogP contribution in [0.3, 0.4) is 0 Å². The molecule has 8 heteroatoms. The lowest BCUT2D eigenvalue weighted by Crippen LogP contribution is -2.40. The van der Waals surface area contributed by atoms with Gasteiger partial charge in [0.1, 0.15) is 16.4 Å². The number of methoxy groups -OCH3 is 2. The Hall–Kier alpha value is -1.80. The Kier molecular flexibility index (Phi) is 6.29. The zero-order valence-corrected chi connectivity index (χ0v) is 15.9. The maximum Gasteiger partial charge on any atom is 0.309 e. The van der Waals surface area contributed by atoms with Crippen molar-refractivity contribution < 1.29 is 27.4 Å². The molecule has 1 aliphatic rings. The van der Waals surface area contributed by atoms with Crippen LogP contribution in [-0.2, 0) is 19.6 Å². The highest BCUT2D eigenvalue weighted by Gasteiger charge is 2.34. The molecule has 0 bridgehead atoms. The van der Waals surface area contributed by atoms with Gasteiger partial charge in [-0.2, -0.15) is 4.31 Å². The standard InChI is InChI=1S/C17H25NO6S/c1-5-24-17(19)13-6-8-18(9-7-13)25(20,21)16-11-14(22-3)12(2)10-15(16)23-4/h10-11,13H,5-9H2,1-4H3. The van der Waals surface area contributed by atoms with E-state index in [2.05, 4.69) is 0 Å². The first-order valence-electron chi connectivity index (χ1n) is 8.24.